The van der Waals surface area contributed by atoms with Gasteiger partial charge in [0, 0.05) is 17.3 Å². The monoisotopic (exact) mass is 395 g/mol. The number of hydrogen-bond donors (Lipinski definition) is 3. The van der Waals surface area contributed by atoms with Crippen molar-refractivity contribution in [1.29, 1.82) is 0 Å². The molecule has 3 amide bonds. The van der Waals surface area contributed by atoms with Crippen LogP contribution in [0.3, 0.4) is 0 Å². The van der Waals surface area contributed by atoms with Crippen molar-refractivity contribution in [3.05, 3.63) is 65.7 Å². The number of fused-ring (bicyclic) bond motifs is 1. The Labute approximate surface area is 169 Å². The Kier molecular flexibility index (Phi) is 6.29. The van der Waals surface area contributed by atoms with Gasteiger partial charge in [-0.05, 0) is 31.9 Å². The van der Waals surface area contributed by atoms with Crippen LogP contribution in [-0.2, 0) is 20.8 Å². The van der Waals surface area contributed by atoms with Crippen LogP contribution in [-0.4, -0.2) is 41.5 Å². The molecule has 2 aromatic carbocycles. The van der Waals surface area contributed by atoms with E-state index in [1.807, 2.05) is 56.3 Å². The first kappa shape index (κ1) is 20.5. The predicted molar refractivity (Wildman–Crippen MR) is 109 cm³/mol. The number of carbonyl (C=O) groups is 3. The minimum atomic E-state index is -0.909. The average Bonchev–Trinajstić information content (AvgIpc) is 2.99. The molecule has 29 heavy (non-hydrogen) atoms. The van der Waals surface area contributed by atoms with Gasteiger partial charge in [-0.1, -0.05) is 48.5 Å². The summed E-state index contributed by atoms with van der Waals surface area (Å²) < 4.78 is 0. The van der Waals surface area contributed by atoms with Gasteiger partial charge in [0.05, 0.1) is 12.6 Å². The number of anilines is 1. The largest absolute Gasteiger partial charge is 0.394 e. The van der Waals surface area contributed by atoms with Crippen LogP contribution in [0.4, 0.5) is 5.69 Å². The van der Waals surface area contributed by atoms with Crippen LogP contribution in [0.5, 0.6) is 0 Å². The van der Waals surface area contributed by atoms with Crippen molar-refractivity contribution in [2.24, 2.45) is 0 Å². The van der Waals surface area contributed by atoms with E-state index in [1.54, 1.807) is 17.0 Å². The molecule has 2 aromatic rings. The van der Waals surface area contributed by atoms with E-state index in [1.165, 1.54) is 0 Å². The number of aliphatic hydroxyl groups excluding tert-OH is 1. The molecule has 0 saturated heterocycles. The molecule has 0 saturated carbocycles. The van der Waals surface area contributed by atoms with E-state index >= 15 is 0 Å². The lowest BCUT2D eigenvalue weighted by molar-refractivity contribution is -0.141. The molecule has 0 aliphatic carbocycles. The van der Waals surface area contributed by atoms with Crippen molar-refractivity contribution in [2.45, 2.75) is 38.4 Å². The quantitative estimate of drug-likeness (QED) is 0.643. The van der Waals surface area contributed by atoms with E-state index in [2.05, 4.69) is 10.6 Å². The molecule has 7 nitrogen and oxygen atoms in total. The summed E-state index contributed by atoms with van der Waals surface area (Å²) >= 11 is 0. The molecule has 1 aliphatic rings. The van der Waals surface area contributed by atoms with Gasteiger partial charge in [0.1, 0.15) is 6.04 Å². The molecule has 1 unspecified atom stereocenters. The Morgan fingerprint density at radius 2 is 1.69 bits per heavy atom. The second-order valence-corrected chi connectivity index (χ2v) is 7.31. The number of para-hydroxylation sites is 1. The molecular weight excluding hydrogens is 370 g/mol. The summed E-state index contributed by atoms with van der Waals surface area (Å²) in [6.45, 7) is 3.47. The van der Waals surface area contributed by atoms with Crippen LogP contribution in [0, 0.1) is 0 Å². The molecule has 152 valence electrons. The molecule has 0 radical (unpaired) electrons. The molecule has 0 bridgehead atoms. The second-order valence-electron chi connectivity index (χ2n) is 7.31. The third kappa shape index (κ3) is 4.46. The van der Waals surface area contributed by atoms with Gasteiger partial charge in [-0.3, -0.25) is 14.4 Å². The third-order valence-corrected chi connectivity index (χ3v) is 4.87. The van der Waals surface area contributed by atoms with Gasteiger partial charge in [0.2, 0.25) is 0 Å². The van der Waals surface area contributed by atoms with Gasteiger partial charge in [-0.25, -0.2) is 0 Å². The maximum absolute atomic E-state index is 12.8. The summed E-state index contributed by atoms with van der Waals surface area (Å²) in [5.74, 6) is -2.06. The van der Waals surface area contributed by atoms with E-state index < -0.39 is 23.9 Å². The molecule has 2 atom stereocenters. The van der Waals surface area contributed by atoms with Gasteiger partial charge in [-0.2, -0.15) is 0 Å². The maximum atomic E-state index is 12.8. The highest BCUT2D eigenvalue weighted by atomic mass is 16.3. The summed E-state index contributed by atoms with van der Waals surface area (Å²) in [7, 11) is 0. The zero-order chi connectivity index (χ0) is 21.0. The highest BCUT2D eigenvalue weighted by Crippen LogP contribution is 2.36. The fourth-order valence-electron chi connectivity index (χ4n) is 3.52. The maximum Gasteiger partial charge on any atom is 0.310 e. The lowest BCUT2D eigenvalue weighted by Gasteiger charge is -2.22. The number of aliphatic hydroxyl groups is 1. The van der Waals surface area contributed by atoms with Crippen LogP contribution < -0.4 is 15.5 Å². The first-order valence-electron chi connectivity index (χ1n) is 9.60. The molecule has 1 aliphatic heterocycles. The Balaban J connectivity index is 1.68. The molecule has 3 rings (SSSR count). The van der Waals surface area contributed by atoms with E-state index in [-0.39, 0.29) is 18.6 Å². The number of rotatable bonds is 6. The van der Waals surface area contributed by atoms with Gasteiger partial charge in [0.15, 0.2) is 0 Å². The lowest BCUT2D eigenvalue weighted by Crippen LogP contribution is -2.49. The van der Waals surface area contributed by atoms with E-state index in [0.29, 0.717) is 12.0 Å². The number of nitrogens with one attached hydrogen (secondary N) is 2. The first-order valence-corrected chi connectivity index (χ1v) is 9.60. The number of carbonyl (C=O) groups excluding carboxylic acids is 3. The summed E-state index contributed by atoms with van der Waals surface area (Å²) in [4.78, 5) is 39.3. The standard InChI is InChI=1S/C22H25N3O4/c1-14(2)25-18-11-7-6-10-17(18)19(22(25)29)24-21(28)20(27)23-16(13-26)12-15-8-4-3-5-9-15/h3-11,14,16,19,26H,12-13H2,1-2H3,(H,23,27)(H,24,28)/t16-,19?/m1/s1. The zero-order valence-corrected chi connectivity index (χ0v) is 16.5. The second kappa shape index (κ2) is 8.87. The van der Waals surface area contributed by atoms with Gasteiger partial charge in [-0.15, -0.1) is 0 Å². The lowest BCUT2D eigenvalue weighted by atomic mass is 10.1. The van der Waals surface area contributed by atoms with Crippen molar-refractivity contribution in [3.8, 4) is 0 Å². The highest BCUT2D eigenvalue weighted by molar-refractivity contribution is 6.35. The number of hydrogen-bond acceptors (Lipinski definition) is 4. The SMILES string of the molecule is CC(C)N1C(=O)C(NC(=O)C(=O)N[C@@H](CO)Cc2ccccc2)c2ccccc21. The van der Waals surface area contributed by atoms with Crippen LogP contribution in [0.1, 0.15) is 31.0 Å². The topological polar surface area (TPSA) is 98.7 Å². The Morgan fingerprint density at radius 3 is 2.34 bits per heavy atom. The Bertz CT molecular complexity index is 898. The third-order valence-electron chi connectivity index (χ3n) is 4.87. The van der Waals surface area contributed by atoms with Gasteiger partial charge < -0.3 is 20.6 Å². The van der Waals surface area contributed by atoms with Crippen molar-refractivity contribution in [1.82, 2.24) is 10.6 Å². The van der Waals surface area contributed by atoms with E-state index in [4.69, 9.17) is 0 Å². The van der Waals surface area contributed by atoms with Crippen molar-refractivity contribution >= 4 is 23.4 Å². The molecule has 0 fully saturated rings. The predicted octanol–water partition coefficient (Wildman–Crippen LogP) is 1.32. The van der Waals surface area contributed by atoms with Crippen LogP contribution in [0.25, 0.3) is 0 Å². The molecular formula is C22H25N3O4. The van der Waals surface area contributed by atoms with Crippen molar-refractivity contribution < 1.29 is 19.5 Å². The summed E-state index contributed by atoms with van der Waals surface area (Å²) in [6, 6.07) is 15.0. The van der Waals surface area contributed by atoms with Crippen molar-refractivity contribution in [3.63, 3.8) is 0 Å². The summed E-state index contributed by atoms with van der Waals surface area (Å²) in [5, 5.41) is 14.6. The zero-order valence-electron chi connectivity index (χ0n) is 16.5. The average molecular weight is 395 g/mol. The van der Waals surface area contributed by atoms with E-state index in [0.717, 1.165) is 11.3 Å². The van der Waals surface area contributed by atoms with Crippen LogP contribution >= 0.6 is 0 Å². The minimum Gasteiger partial charge on any atom is -0.394 e. The highest BCUT2D eigenvalue weighted by Gasteiger charge is 2.40. The fraction of sp³-hybridized carbons (Fsp3) is 0.318. The van der Waals surface area contributed by atoms with Crippen LogP contribution in [0.15, 0.2) is 54.6 Å². The molecule has 1 heterocycles. The summed E-state index contributed by atoms with van der Waals surface area (Å²) in [5.41, 5.74) is 2.32. The number of nitrogens with zero attached hydrogens (tertiary/aromatic N) is 1. The normalized spacial score (nSPS) is 16.5. The number of amides is 3. The van der Waals surface area contributed by atoms with Gasteiger partial charge >= 0.3 is 11.8 Å². The number of benzene rings is 2. The minimum absolute atomic E-state index is 0.0796. The van der Waals surface area contributed by atoms with Crippen LogP contribution in [0.2, 0.25) is 0 Å². The Hall–Kier alpha value is -3.19. The van der Waals surface area contributed by atoms with E-state index in [9.17, 15) is 19.5 Å². The molecule has 7 heteroatoms. The van der Waals surface area contributed by atoms with Crippen molar-refractivity contribution in [2.75, 3.05) is 11.5 Å². The molecule has 0 aromatic heterocycles. The van der Waals surface area contributed by atoms with Gasteiger partial charge in [0.25, 0.3) is 5.91 Å². The first-order chi connectivity index (χ1) is 13.9. The molecule has 0 spiro atoms. The smallest absolute Gasteiger partial charge is 0.310 e. The summed E-state index contributed by atoms with van der Waals surface area (Å²) in [6.07, 6.45) is 0.392. The fourth-order valence-corrected chi connectivity index (χ4v) is 3.52. The molecule has 3 N–H and O–H groups in total. The Morgan fingerprint density at radius 1 is 1.03 bits per heavy atom.